The van der Waals surface area contributed by atoms with E-state index < -0.39 is 0 Å². The lowest BCUT2D eigenvalue weighted by Gasteiger charge is -2.14. The minimum absolute atomic E-state index is 0.0278. The van der Waals surface area contributed by atoms with Crippen LogP contribution in [0.4, 0.5) is 0 Å². The molecule has 0 fully saturated rings. The van der Waals surface area contributed by atoms with Crippen LogP contribution in [0.1, 0.15) is 24.1 Å². The monoisotopic (exact) mass is 291 g/mol. The van der Waals surface area contributed by atoms with Crippen LogP contribution in [-0.2, 0) is 6.61 Å². The molecule has 1 atom stereocenters. The average Bonchev–Trinajstić information content (AvgIpc) is 2.46. The van der Waals surface area contributed by atoms with Crippen molar-refractivity contribution in [3.63, 3.8) is 0 Å². The molecule has 0 aromatic heterocycles. The fourth-order valence-corrected chi connectivity index (χ4v) is 2.10. The van der Waals surface area contributed by atoms with E-state index in [0.717, 1.165) is 16.9 Å². The Balaban J connectivity index is 2.19. The van der Waals surface area contributed by atoms with E-state index in [0.29, 0.717) is 17.4 Å². The molecule has 0 bridgehead atoms. The Kier molecular flexibility index (Phi) is 4.88. The Bertz CT molecular complexity index is 584. The van der Waals surface area contributed by atoms with Crippen molar-refractivity contribution in [3.05, 3.63) is 58.6 Å². The van der Waals surface area contributed by atoms with E-state index in [4.69, 9.17) is 26.8 Å². The molecule has 0 saturated heterocycles. The number of hydrogen-bond acceptors (Lipinski definition) is 3. The molecule has 2 aromatic rings. The van der Waals surface area contributed by atoms with E-state index in [1.165, 1.54) is 0 Å². The van der Waals surface area contributed by atoms with Crippen LogP contribution in [0.25, 0.3) is 0 Å². The summed E-state index contributed by atoms with van der Waals surface area (Å²) in [5, 5.41) is 0.592. The highest BCUT2D eigenvalue weighted by atomic mass is 35.5. The minimum Gasteiger partial charge on any atom is -0.496 e. The predicted molar refractivity (Wildman–Crippen MR) is 81.4 cm³/mol. The molecule has 0 heterocycles. The van der Waals surface area contributed by atoms with E-state index in [2.05, 4.69) is 0 Å². The molecule has 4 heteroatoms. The summed E-state index contributed by atoms with van der Waals surface area (Å²) in [7, 11) is 1.64. The molecule has 0 saturated carbocycles. The molecule has 0 amide bonds. The van der Waals surface area contributed by atoms with E-state index in [-0.39, 0.29) is 6.04 Å². The Morgan fingerprint density at radius 3 is 2.55 bits per heavy atom. The first-order valence-corrected chi connectivity index (χ1v) is 6.79. The molecule has 0 aliphatic heterocycles. The number of para-hydroxylation sites is 1. The number of nitrogens with two attached hydrogens (primary N) is 1. The molecule has 0 spiro atoms. The van der Waals surface area contributed by atoms with Crippen LogP contribution in [0.5, 0.6) is 11.5 Å². The molecule has 0 radical (unpaired) electrons. The van der Waals surface area contributed by atoms with Crippen LogP contribution >= 0.6 is 11.6 Å². The normalized spacial score (nSPS) is 12.0. The number of ether oxygens (including phenoxy) is 2. The van der Waals surface area contributed by atoms with Gasteiger partial charge in [-0.2, -0.15) is 0 Å². The third kappa shape index (κ3) is 3.44. The molecule has 1 unspecified atom stereocenters. The lowest BCUT2D eigenvalue weighted by Crippen LogP contribution is -2.07. The lowest BCUT2D eigenvalue weighted by molar-refractivity contribution is 0.296. The van der Waals surface area contributed by atoms with Gasteiger partial charge in [-0.3, -0.25) is 0 Å². The molecule has 20 heavy (non-hydrogen) atoms. The molecule has 2 aromatic carbocycles. The molecule has 0 aliphatic carbocycles. The minimum atomic E-state index is -0.0278. The van der Waals surface area contributed by atoms with Gasteiger partial charge in [0.05, 0.1) is 12.1 Å². The molecule has 2 rings (SSSR count). The van der Waals surface area contributed by atoms with E-state index >= 15 is 0 Å². The maximum Gasteiger partial charge on any atom is 0.138 e. The van der Waals surface area contributed by atoms with Gasteiger partial charge in [-0.05, 0) is 36.8 Å². The first-order chi connectivity index (χ1) is 9.61. The highest BCUT2D eigenvalue weighted by Gasteiger charge is 2.09. The summed E-state index contributed by atoms with van der Waals surface area (Å²) < 4.78 is 11.1. The van der Waals surface area contributed by atoms with Gasteiger partial charge in [0.25, 0.3) is 0 Å². The summed E-state index contributed by atoms with van der Waals surface area (Å²) in [5.41, 5.74) is 7.89. The van der Waals surface area contributed by atoms with E-state index in [1.54, 1.807) is 13.2 Å². The fourth-order valence-electron chi connectivity index (χ4n) is 1.91. The van der Waals surface area contributed by atoms with Gasteiger partial charge < -0.3 is 15.2 Å². The SMILES string of the molecule is COc1ccc(C(C)N)cc1COc1ccccc1Cl. The number of rotatable bonds is 5. The second kappa shape index (κ2) is 6.64. The smallest absolute Gasteiger partial charge is 0.138 e. The molecule has 0 aliphatic rings. The van der Waals surface area contributed by atoms with Gasteiger partial charge in [0.15, 0.2) is 0 Å². The number of hydrogen-bond donors (Lipinski definition) is 1. The summed E-state index contributed by atoms with van der Waals surface area (Å²) in [4.78, 5) is 0. The summed E-state index contributed by atoms with van der Waals surface area (Å²) in [6.45, 7) is 2.33. The summed E-state index contributed by atoms with van der Waals surface area (Å²) >= 11 is 6.07. The second-order valence-corrected chi connectivity index (χ2v) is 4.99. The standard InChI is InChI=1S/C16H18ClNO2/c1-11(18)12-7-8-15(19-2)13(9-12)10-20-16-6-4-3-5-14(16)17/h3-9,11H,10,18H2,1-2H3. The van der Waals surface area contributed by atoms with Crippen LogP contribution in [0.2, 0.25) is 5.02 Å². The second-order valence-electron chi connectivity index (χ2n) is 4.58. The Morgan fingerprint density at radius 1 is 1.15 bits per heavy atom. The van der Waals surface area contributed by atoms with Gasteiger partial charge >= 0.3 is 0 Å². The Morgan fingerprint density at radius 2 is 1.90 bits per heavy atom. The zero-order valence-electron chi connectivity index (χ0n) is 11.6. The van der Waals surface area contributed by atoms with Gasteiger partial charge in [0.1, 0.15) is 18.1 Å². The van der Waals surface area contributed by atoms with Crippen molar-refractivity contribution < 1.29 is 9.47 Å². The summed E-state index contributed by atoms with van der Waals surface area (Å²) in [6, 6.07) is 13.2. The number of benzene rings is 2. The van der Waals surface area contributed by atoms with Crippen molar-refractivity contribution in [2.24, 2.45) is 5.73 Å². The maximum absolute atomic E-state index is 6.07. The largest absolute Gasteiger partial charge is 0.496 e. The lowest BCUT2D eigenvalue weighted by atomic mass is 10.1. The third-order valence-electron chi connectivity index (χ3n) is 3.05. The Hall–Kier alpha value is -1.71. The van der Waals surface area contributed by atoms with Crippen molar-refractivity contribution >= 4 is 11.6 Å². The van der Waals surface area contributed by atoms with E-state index in [1.807, 2.05) is 43.3 Å². The predicted octanol–water partition coefficient (Wildman–Crippen LogP) is 3.95. The summed E-state index contributed by atoms with van der Waals surface area (Å²) in [5.74, 6) is 1.43. The first kappa shape index (κ1) is 14.7. The van der Waals surface area contributed by atoms with Crippen molar-refractivity contribution in [2.45, 2.75) is 19.6 Å². The first-order valence-electron chi connectivity index (χ1n) is 6.41. The third-order valence-corrected chi connectivity index (χ3v) is 3.36. The van der Waals surface area contributed by atoms with Crippen molar-refractivity contribution in [3.8, 4) is 11.5 Å². The van der Waals surface area contributed by atoms with Crippen LogP contribution in [0.15, 0.2) is 42.5 Å². The van der Waals surface area contributed by atoms with Crippen molar-refractivity contribution in [1.82, 2.24) is 0 Å². The van der Waals surface area contributed by atoms with Gasteiger partial charge in [-0.1, -0.05) is 29.8 Å². The maximum atomic E-state index is 6.07. The van der Waals surface area contributed by atoms with Gasteiger partial charge in [-0.15, -0.1) is 0 Å². The van der Waals surface area contributed by atoms with Crippen LogP contribution in [0.3, 0.4) is 0 Å². The van der Waals surface area contributed by atoms with Gasteiger partial charge in [0.2, 0.25) is 0 Å². The molecular weight excluding hydrogens is 274 g/mol. The summed E-state index contributed by atoms with van der Waals surface area (Å²) in [6.07, 6.45) is 0. The zero-order valence-corrected chi connectivity index (χ0v) is 12.4. The van der Waals surface area contributed by atoms with Crippen molar-refractivity contribution in [2.75, 3.05) is 7.11 Å². The van der Waals surface area contributed by atoms with E-state index in [9.17, 15) is 0 Å². The Labute approximate surface area is 124 Å². The quantitative estimate of drug-likeness (QED) is 0.907. The average molecular weight is 292 g/mol. The van der Waals surface area contributed by atoms with Crippen LogP contribution < -0.4 is 15.2 Å². The molecular formula is C16H18ClNO2. The highest BCUT2D eigenvalue weighted by molar-refractivity contribution is 6.32. The van der Waals surface area contributed by atoms with Gasteiger partial charge in [0, 0.05) is 11.6 Å². The molecule has 2 N–H and O–H groups in total. The molecule has 106 valence electrons. The van der Waals surface area contributed by atoms with Crippen LogP contribution in [0, 0.1) is 0 Å². The number of halogens is 1. The zero-order chi connectivity index (χ0) is 14.5. The fraction of sp³-hybridized carbons (Fsp3) is 0.250. The van der Waals surface area contributed by atoms with Crippen LogP contribution in [-0.4, -0.2) is 7.11 Å². The van der Waals surface area contributed by atoms with Crippen molar-refractivity contribution in [1.29, 1.82) is 0 Å². The van der Waals surface area contributed by atoms with Gasteiger partial charge in [-0.25, -0.2) is 0 Å². The number of methoxy groups -OCH3 is 1. The highest BCUT2D eigenvalue weighted by Crippen LogP contribution is 2.27. The molecule has 3 nitrogen and oxygen atoms in total. The topological polar surface area (TPSA) is 44.5 Å².